The standard InChI is InChI=1S/C6H2ClN3O2S/c7-10-3-1-2-4-6(13(4,11)12)5(3)8-9-10/h1-2H. The largest absolute Gasteiger partial charge is 0.218 e. The van der Waals surface area contributed by atoms with E-state index < -0.39 is 9.84 Å². The first-order valence-corrected chi connectivity index (χ1v) is 5.24. The predicted octanol–water partition coefficient (Wildman–Crippen LogP) is 0.579. The number of benzene rings is 1. The van der Waals surface area contributed by atoms with Crippen molar-refractivity contribution in [2.24, 2.45) is 0 Å². The molecule has 1 aliphatic heterocycles. The van der Waals surface area contributed by atoms with Gasteiger partial charge in [0.15, 0.2) is 0 Å². The number of halogens is 1. The molecule has 1 aromatic heterocycles. The number of fused-ring (bicyclic) bond motifs is 3. The number of aromatic nitrogens is 3. The van der Waals surface area contributed by atoms with Gasteiger partial charge in [0, 0.05) is 11.8 Å². The Morgan fingerprint density at radius 1 is 1.38 bits per heavy atom. The molecule has 0 N–H and O–H groups in total. The summed E-state index contributed by atoms with van der Waals surface area (Å²) in [5, 5.41) is 7.19. The van der Waals surface area contributed by atoms with Crippen LogP contribution < -0.4 is 0 Å². The van der Waals surface area contributed by atoms with Crippen LogP contribution >= 0.6 is 11.8 Å². The van der Waals surface area contributed by atoms with Crippen LogP contribution in [0.4, 0.5) is 0 Å². The van der Waals surface area contributed by atoms with Gasteiger partial charge in [-0.15, -0.1) is 5.10 Å². The quantitative estimate of drug-likeness (QED) is 0.515. The molecule has 0 aliphatic carbocycles. The zero-order chi connectivity index (χ0) is 9.22. The molecular weight excluding hydrogens is 214 g/mol. The molecule has 2 aromatic rings. The van der Waals surface area contributed by atoms with Crippen molar-refractivity contribution in [3.8, 4) is 0 Å². The molecule has 0 saturated carbocycles. The summed E-state index contributed by atoms with van der Waals surface area (Å²) in [4.78, 5) is 0.592. The van der Waals surface area contributed by atoms with Gasteiger partial charge >= 0.3 is 0 Å². The van der Waals surface area contributed by atoms with Gasteiger partial charge in [-0.25, -0.2) is 8.42 Å². The van der Waals surface area contributed by atoms with E-state index in [1.54, 1.807) is 6.07 Å². The van der Waals surface area contributed by atoms with Crippen molar-refractivity contribution in [2.75, 3.05) is 0 Å². The van der Waals surface area contributed by atoms with Gasteiger partial charge in [0.05, 0.1) is 4.90 Å². The Kier molecular flexibility index (Phi) is 1.04. The Balaban J connectivity index is 2.59. The van der Waals surface area contributed by atoms with Crippen LogP contribution in [0.2, 0.25) is 0 Å². The molecule has 1 aromatic carbocycles. The van der Waals surface area contributed by atoms with Crippen LogP contribution in [0.3, 0.4) is 0 Å². The van der Waals surface area contributed by atoms with E-state index >= 15 is 0 Å². The van der Waals surface area contributed by atoms with E-state index in [2.05, 4.69) is 10.3 Å². The van der Waals surface area contributed by atoms with Crippen molar-refractivity contribution in [1.82, 2.24) is 14.5 Å². The summed E-state index contributed by atoms with van der Waals surface area (Å²) in [5.41, 5.74) is 0.869. The van der Waals surface area contributed by atoms with Gasteiger partial charge in [0.25, 0.3) is 0 Å². The summed E-state index contributed by atoms with van der Waals surface area (Å²) in [7, 11) is -3.16. The van der Waals surface area contributed by atoms with Crippen molar-refractivity contribution in [2.45, 2.75) is 9.79 Å². The molecule has 3 rings (SSSR count). The zero-order valence-electron chi connectivity index (χ0n) is 6.10. The van der Waals surface area contributed by atoms with Crippen molar-refractivity contribution < 1.29 is 8.42 Å². The van der Waals surface area contributed by atoms with Crippen molar-refractivity contribution >= 4 is 32.6 Å². The Morgan fingerprint density at radius 2 is 2.15 bits per heavy atom. The summed E-state index contributed by atoms with van der Waals surface area (Å²) in [5.74, 6) is 0. The Labute approximate surface area is 77.9 Å². The summed E-state index contributed by atoms with van der Waals surface area (Å²) in [6.45, 7) is 0. The first-order chi connectivity index (χ1) is 6.12. The second kappa shape index (κ2) is 1.85. The van der Waals surface area contributed by atoms with Crippen molar-refractivity contribution in [3.05, 3.63) is 12.1 Å². The molecule has 7 heteroatoms. The van der Waals surface area contributed by atoms with E-state index in [1.807, 2.05) is 0 Å². The average molecular weight is 216 g/mol. The SMILES string of the molecule is O=S1(=O)c2ccc3c(nnn3Cl)c21. The van der Waals surface area contributed by atoms with Gasteiger partial charge in [-0.3, -0.25) is 0 Å². The second-order valence-corrected chi connectivity index (χ2v) is 4.89. The number of rotatable bonds is 0. The third-order valence-corrected chi connectivity index (χ3v) is 3.93. The molecule has 1 aliphatic rings. The van der Waals surface area contributed by atoms with Crippen LogP contribution in [0.5, 0.6) is 0 Å². The fourth-order valence-corrected chi connectivity index (χ4v) is 2.95. The first kappa shape index (κ1) is 7.28. The smallest absolute Gasteiger partial charge is 0.211 e. The highest BCUT2D eigenvalue weighted by Gasteiger charge is 2.42. The van der Waals surface area contributed by atoms with Crippen LogP contribution in [0, 0.1) is 0 Å². The topological polar surface area (TPSA) is 64.8 Å². The summed E-state index contributed by atoms with van der Waals surface area (Å²) >= 11 is 5.61. The lowest BCUT2D eigenvalue weighted by Gasteiger charge is -1.82. The lowest BCUT2D eigenvalue weighted by molar-refractivity contribution is 0.612. The fourth-order valence-electron chi connectivity index (χ4n) is 1.35. The molecule has 0 atom stereocenters. The number of sulfone groups is 1. The predicted molar refractivity (Wildman–Crippen MR) is 44.2 cm³/mol. The van der Waals surface area contributed by atoms with E-state index in [1.165, 1.54) is 6.07 Å². The monoisotopic (exact) mass is 215 g/mol. The molecule has 13 heavy (non-hydrogen) atoms. The molecule has 0 unspecified atom stereocenters. The van der Waals surface area contributed by atoms with Crippen LogP contribution in [0.1, 0.15) is 0 Å². The first-order valence-electron chi connectivity index (χ1n) is 3.42. The summed E-state index contributed by atoms with van der Waals surface area (Å²) in [6.07, 6.45) is 0. The maximum atomic E-state index is 11.2. The minimum Gasteiger partial charge on any atom is -0.218 e. The Bertz CT molecular complexity index is 631. The normalized spacial score (nSPS) is 17.3. The maximum absolute atomic E-state index is 11.2. The number of hydrogen-bond acceptors (Lipinski definition) is 4. The lowest BCUT2D eigenvalue weighted by Crippen LogP contribution is -1.79. The van der Waals surface area contributed by atoms with Gasteiger partial charge < -0.3 is 0 Å². The molecule has 0 saturated heterocycles. The van der Waals surface area contributed by atoms with E-state index in [9.17, 15) is 8.42 Å². The van der Waals surface area contributed by atoms with Gasteiger partial charge in [-0.2, -0.15) is 4.20 Å². The summed E-state index contributed by atoms with van der Waals surface area (Å²) < 4.78 is 23.5. The van der Waals surface area contributed by atoms with Gasteiger partial charge in [-0.05, 0) is 17.3 Å². The van der Waals surface area contributed by atoms with Gasteiger partial charge in [0.2, 0.25) is 9.84 Å². The van der Waals surface area contributed by atoms with Crippen LogP contribution in [0.25, 0.3) is 11.0 Å². The van der Waals surface area contributed by atoms with Crippen molar-refractivity contribution in [1.29, 1.82) is 0 Å². The van der Waals surface area contributed by atoms with Gasteiger partial charge in [-0.1, -0.05) is 0 Å². The molecule has 0 radical (unpaired) electrons. The van der Waals surface area contributed by atoms with Crippen LogP contribution in [-0.4, -0.2) is 22.9 Å². The highest BCUT2D eigenvalue weighted by molar-refractivity contribution is 7.97. The minimum absolute atomic E-state index is 0.261. The molecule has 0 amide bonds. The molecule has 0 bridgehead atoms. The average Bonchev–Trinajstić information content (AvgIpc) is 2.50. The third kappa shape index (κ3) is 0.702. The Hall–Kier alpha value is -1.14. The second-order valence-electron chi connectivity index (χ2n) is 2.71. The van der Waals surface area contributed by atoms with Crippen molar-refractivity contribution in [3.63, 3.8) is 0 Å². The molecule has 0 spiro atoms. The van der Waals surface area contributed by atoms with E-state index in [0.717, 1.165) is 4.20 Å². The van der Waals surface area contributed by atoms with Crippen LogP contribution in [-0.2, 0) is 9.84 Å². The molecule has 5 nitrogen and oxygen atoms in total. The molecular formula is C6H2ClN3O2S. The van der Waals surface area contributed by atoms with Gasteiger partial charge in [0.1, 0.15) is 15.9 Å². The van der Waals surface area contributed by atoms with E-state index in [-0.39, 0.29) is 4.90 Å². The molecule has 66 valence electrons. The number of hydrogen-bond donors (Lipinski definition) is 0. The molecule has 2 heterocycles. The highest BCUT2D eigenvalue weighted by Crippen LogP contribution is 2.44. The fraction of sp³-hybridized carbons (Fsp3) is 0. The highest BCUT2D eigenvalue weighted by atomic mass is 35.5. The zero-order valence-corrected chi connectivity index (χ0v) is 7.67. The number of nitrogens with zero attached hydrogens (tertiary/aromatic N) is 3. The third-order valence-electron chi connectivity index (χ3n) is 2.01. The summed E-state index contributed by atoms with van der Waals surface area (Å²) in [6, 6.07) is 3.10. The van der Waals surface area contributed by atoms with E-state index in [4.69, 9.17) is 11.8 Å². The minimum atomic E-state index is -3.16. The van der Waals surface area contributed by atoms with E-state index in [0.29, 0.717) is 15.9 Å². The molecule has 0 fully saturated rings. The Morgan fingerprint density at radius 3 is 2.92 bits per heavy atom. The van der Waals surface area contributed by atoms with Crippen LogP contribution in [0.15, 0.2) is 21.9 Å². The maximum Gasteiger partial charge on any atom is 0.211 e. The lowest BCUT2D eigenvalue weighted by atomic mass is 10.3.